The Morgan fingerprint density at radius 2 is 2.05 bits per heavy atom. The molecule has 1 atom stereocenters. The molecular formula is C13H23N3O3. The van der Waals surface area contributed by atoms with Crippen molar-refractivity contribution in [2.24, 2.45) is 0 Å². The summed E-state index contributed by atoms with van der Waals surface area (Å²) in [6, 6.07) is -0.894. The van der Waals surface area contributed by atoms with Gasteiger partial charge < -0.3 is 20.2 Å². The highest BCUT2D eigenvalue weighted by molar-refractivity contribution is 5.83. The molecule has 1 saturated heterocycles. The molecule has 1 aliphatic heterocycles. The van der Waals surface area contributed by atoms with E-state index in [1.165, 1.54) is 11.3 Å². The zero-order valence-electron chi connectivity index (χ0n) is 11.7. The predicted molar refractivity (Wildman–Crippen MR) is 71.0 cm³/mol. The van der Waals surface area contributed by atoms with Gasteiger partial charge in [0, 0.05) is 18.6 Å². The highest BCUT2D eigenvalue weighted by Gasteiger charge is 2.40. The van der Waals surface area contributed by atoms with Crippen molar-refractivity contribution in [1.29, 1.82) is 0 Å². The van der Waals surface area contributed by atoms with Crippen LogP contribution in [0.2, 0.25) is 0 Å². The van der Waals surface area contributed by atoms with Crippen LogP contribution in [0.5, 0.6) is 0 Å². The maximum atomic E-state index is 12.1. The molecule has 1 heterocycles. The molecular weight excluding hydrogens is 246 g/mol. The molecule has 0 bridgehead atoms. The molecule has 0 spiro atoms. The minimum absolute atomic E-state index is 0.0636. The standard InChI is InChI=1S/C13H23N3O3/c1-15(2)13(6-4-7-13)9-14-12(19)16-8-3-5-10(16)11(17)18/h10H,3-9H2,1-2H3,(H,14,19)(H,17,18). The summed E-state index contributed by atoms with van der Waals surface area (Å²) in [7, 11) is 4.06. The Hall–Kier alpha value is -1.30. The zero-order valence-corrected chi connectivity index (χ0v) is 11.7. The van der Waals surface area contributed by atoms with E-state index < -0.39 is 12.0 Å². The van der Waals surface area contributed by atoms with Crippen LogP contribution in [-0.4, -0.2) is 65.7 Å². The van der Waals surface area contributed by atoms with E-state index in [0.29, 0.717) is 19.5 Å². The smallest absolute Gasteiger partial charge is 0.326 e. The molecule has 1 unspecified atom stereocenters. The fraction of sp³-hybridized carbons (Fsp3) is 0.846. The average molecular weight is 269 g/mol. The van der Waals surface area contributed by atoms with Gasteiger partial charge in [0.1, 0.15) is 6.04 Å². The lowest BCUT2D eigenvalue weighted by Gasteiger charge is -2.47. The van der Waals surface area contributed by atoms with Crippen LogP contribution < -0.4 is 5.32 Å². The van der Waals surface area contributed by atoms with Crippen LogP contribution in [0.25, 0.3) is 0 Å². The highest BCUT2D eigenvalue weighted by Crippen LogP contribution is 2.35. The lowest BCUT2D eigenvalue weighted by atomic mass is 9.75. The van der Waals surface area contributed by atoms with Crippen LogP contribution in [0.1, 0.15) is 32.1 Å². The number of likely N-dealkylation sites (tertiary alicyclic amines) is 1. The zero-order chi connectivity index (χ0) is 14.0. The summed E-state index contributed by atoms with van der Waals surface area (Å²) in [4.78, 5) is 26.8. The number of aliphatic carboxylic acids is 1. The van der Waals surface area contributed by atoms with Gasteiger partial charge in [-0.3, -0.25) is 0 Å². The van der Waals surface area contributed by atoms with E-state index in [-0.39, 0.29) is 11.6 Å². The number of carbonyl (C=O) groups excluding carboxylic acids is 1. The molecule has 2 rings (SSSR count). The summed E-state index contributed by atoms with van der Waals surface area (Å²) in [6.45, 7) is 1.14. The van der Waals surface area contributed by atoms with Gasteiger partial charge in [-0.05, 0) is 46.2 Å². The Labute approximate surface area is 113 Å². The fourth-order valence-electron chi connectivity index (χ4n) is 2.98. The van der Waals surface area contributed by atoms with Crippen molar-refractivity contribution >= 4 is 12.0 Å². The van der Waals surface area contributed by atoms with E-state index >= 15 is 0 Å². The van der Waals surface area contributed by atoms with Gasteiger partial charge >= 0.3 is 12.0 Å². The second kappa shape index (κ2) is 5.36. The molecule has 2 aliphatic rings. The number of rotatable bonds is 4. The molecule has 6 heteroatoms. The third-order valence-electron chi connectivity index (χ3n) is 4.60. The summed E-state index contributed by atoms with van der Waals surface area (Å²) in [5.41, 5.74) is 0.0636. The normalized spacial score (nSPS) is 25.2. The lowest BCUT2D eigenvalue weighted by Crippen LogP contribution is -2.59. The van der Waals surface area contributed by atoms with Gasteiger partial charge in [-0.1, -0.05) is 0 Å². The van der Waals surface area contributed by atoms with Crippen LogP contribution in [0.3, 0.4) is 0 Å². The van der Waals surface area contributed by atoms with Gasteiger partial charge in [0.2, 0.25) is 0 Å². The van der Waals surface area contributed by atoms with Crippen LogP contribution in [0.4, 0.5) is 4.79 Å². The number of carboxylic acids is 1. The number of carboxylic acid groups (broad SMARTS) is 1. The first kappa shape index (κ1) is 14.1. The minimum atomic E-state index is -0.904. The van der Waals surface area contributed by atoms with E-state index in [9.17, 15) is 9.59 Å². The molecule has 19 heavy (non-hydrogen) atoms. The molecule has 2 N–H and O–H groups in total. The lowest BCUT2D eigenvalue weighted by molar-refractivity contribution is -0.141. The maximum Gasteiger partial charge on any atom is 0.326 e. The SMILES string of the molecule is CN(C)C1(CNC(=O)N2CCCC2C(=O)O)CCC1. The van der Waals surface area contributed by atoms with E-state index in [1.807, 2.05) is 14.1 Å². The number of hydrogen-bond donors (Lipinski definition) is 2. The van der Waals surface area contributed by atoms with E-state index in [0.717, 1.165) is 19.3 Å². The van der Waals surface area contributed by atoms with Gasteiger partial charge in [-0.25, -0.2) is 9.59 Å². The van der Waals surface area contributed by atoms with Crippen molar-refractivity contribution in [2.45, 2.75) is 43.7 Å². The second-order valence-electron chi connectivity index (χ2n) is 5.82. The third-order valence-corrected chi connectivity index (χ3v) is 4.60. The van der Waals surface area contributed by atoms with Crippen LogP contribution in [0.15, 0.2) is 0 Å². The van der Waals surface area contributed by atoms with Crippen molar-refractivity contribution in [3.63, 3.8) is 0 Å². The molecule has 2 fully saturated rings. The number of nitrogens with one attached hydrogen (secondary N) is 1. The Bertz CT molecular complexity index is 366. The Morgan fingerprint density at radius 3 is 2.53 bits per heavy atom. The number of carbonyl (C=O) groups is 2. The molecule has 1 aliphatic carbocycles. The minimum Gasteiger partial charge on any atom is -0.480 e. The number of amides is 2. The maximum absolute atomic E-state index is 12.1. The molecule has 108 valence electrons. The second-order valence-corrected chi connectivity index (χ2v) is 5.82. The predicted octanol–water partition coefficient (Wildman–Crippen LogP) is 0.729. The summed E-state index contributed by atoms with van der Waals surface area (Å²) in [6.07, 6.45) is 4.69. The first-order valence-electron chi connectivity index (χ1n) is 6.91. The topological polar surface area (TPSA) is 72.9 Å². The summed E-state index contributed by atoms with van der Waals surface area (Å²) in [5, 5.41) is 12.0. The first-order chi connectivity index (χ1) is 8.96. The molecule has 0 aromatic heterocycles. The van der Waals surface area contributed by atoms with E-state index in [4.69, 9.17) is 5.11 Å². The molecule has 0 aromatic rings. The van der Waals surface area contributed by atoms with E-state index in [1.54, 1.807) is 0 Å². The third kappa shape index (κ3) is 2.68. The van der Waals surface area contributed by atoms with Crippen molar-refractivity contribution in [3.8, 4) is 0 Å². The summed E-state index contributed by atoms with van der Waals surface area (Å²) < 4.78 is 0. The number of nitrogens with zero attached hydrogens (tertiary/aromatic N) is 2. The van der Waals surface area contributed by atoms with Crippen molar-refractivity contribution in [3.05, 3.63) is 0 Å². The van der Waals surface area contributed by atoms with Crippen molar-refractivity contribution in [2.75, 3.05) is 27.2 Å². The van der Waals surface area contributed by atoms with Crippen molar-refractivity contribution in [1.82, 2.24) is 15.1 Å². The number of hydrogen-bond acceptors (Lipinski definition) is 3. The monoisotopic (exact) mass is 269 g/mol. The molecule has 0 radical (unpaired) electrons. The summed E-state index contributed by atoms with van der Waals surface area (Å²) in [5.74, 6) is -0.904. The van der Waals surface area contributed by atoms with Gasteiger partial charge in [0.25, 0.3) is 0 Å². The largest absolute Gasteiger partial charge is 0.480 e. The van der Waals surface area contributed by atoms with Gasteiger partial charge in [0.05, 0.1) is 0 Å². The molecule has 2 amide bonds. The average Bonchev–Trinajstić information content (AvgIpc) is 2.75. The van der Waals surface area contributed by atoms with Crippen LogP contribution in [0, 0.1) is 0 Å². The van der Waals surface area contributed by atoms with Crippen LogP contribution >= 0.6 is 0 Å². The number of likely N-dealkylation sites (N-methyl/N-ethyl adjacent to an activating group) is 1. The number of urea groups is 1. The Kier molecular flexibility index (Phi) is 3.99. The molecule has 1 saturated carbocycles. The Morgan fingerprint density at radius 1 is 1.37 bits per heavy atom. The van der Waals surface area contributed by atoms with Crippen molar-refractivity contribution < 1.29 is 14.7 Å². The highest BCUT2D eigenvalue weighted by atomic mass is 16.4. The van der Waals surface area contributed by atoms with Gasteiger partial charge in [-0.15, -0.1) is 0 Å². The summed E-state index contributed by atoms with van der Waals surface area (Å²) >= 11 is 0. The van der Waals surface area contributed by atoms with Crippen LogP contribution in [-0.2, 0) is 4.79 Å². The molecule has 6 nitrogen and oxygen atoms in total. The quantitative estimate of drug-likeness (QED) is 0.789. The van der Waals surface area contributed by atoms with E-state index in [2.05, 4.69) is 10.2 Å². The van der Waals surface area contributed by atoms with Gasteiger partial charge in [-0.2, -0.15) is 0 Å². The fourth-order valence-corrected chi connectivity index (χ4v) is 2.98. The van der Waals surface area contributed by atoms with Gasteiger partial charge in [0.15, 0.2) is 0 Å². The Balaban J connectivity index is 1.89. The molecule has 0 aromatic carbocycles. The first-order valence-corrected chi connectivity index (χ1v) is 6.91.